The lowest BCUT2D eigenvalue weighted by atomic mass is 10.1. The van der Waals surface area contributed by atoms with E-state index >= 15 is 0 Å². The smallest absolute Gasteiger partial charge is 0.165 e. The SMILES string of the molecule is Cc1cccc(NCCOc2ccccc2F)c1C. The Morgan fingerprint density at radius 1 is 1.05 bits per heavy atom. The number of halogens is 1. The third kappa shape index (κ3) is 3.47. The Hall–Kier alpha value is -2.03. The topological polar surface area (TPSA) is 21.3 Å². The molecule has 0 fully saturated rings. The molecule has 0 heterocycles. The van der Waals surface area contributed by atoms with Crippen LogP contribution in [0.4, 0.5) is 10.1 Å². The van der Waals surface area contributed by atoms with Gasteiger partial charge in [0.15, 0.2) is 11.6 Å². The maximum Gasteiger partial charge on any atom is 0.165 e. The number of benzene rings is 2. The number of hydrogen-bond acceptors (Lipinski definition) is 2. The average molecular weight is 259 g/mol. The first kappa shape index (κ1) is 13.4. The minimum absolute atomic E-state index is 0.297. The maximum absolute atomic E-state index is 13.3. The van der Waals surface area contributed by atoms with Crippen molar-refractivity contribution >= 4 is 5.69 Å². The van der Waals surface area contributed by atoms with Crippen molar-refractivity contribution in [1.82, 2.24) is 0 Å². The van der Waals surface area contributed by atoms with Gasteiger partial charge in [-0.05, 0) is 43.2 Å². The lowest BCUT2D eigenvalue weighted by Gasteiger charge is -2.12. The highest BCUT2D eigenvalue weighted by atomic mass is 19.1. The van der Waals surface area contributed by atoms with Gasteiger partial charge in [0.25, 0.3) is 0 Å². The fraction of sp³-hybridized carbons (Fsp3) is 0.250. The van der Waals surface area contributed by atoms with Crippen LogP contribution in [0.1, 0.15) is 11.1 Å². The third-order valence-corrected chi connectivity index (χ3v) is 3.12. The van der Waals surface area contributed by atoms with Gasteiger partial charge in [-0.25, -0.2) is 4.39 Å². The summed E-state index contributed by atoms with van der Waals surface area (Å²) >= 11 is 0. The van der Waals surface area contributed by atoms with E-state index in [1.807, 2.05) is 12.1 Å². The van der Waals surface area contributed by atoms with Gasteiger partial charge >= 0.3 is 0 Å². The van der Waals surface area contributed by atoms with Gasteiger partial charge in [-0.2, -0.15) is 0 Å². The number of nitrogens with one attached hydrogen (secondary N) is 1. The van der Waals surface area contributed by atoms with E-state index in [1.54, 1.807) is 18.2 Å². The quantitative estimate of drug-likeness (QED) is 0.821. The van der Waals surface area contributed by atoms with Gasteiger partial charge in [0.05, 0.1) is 0 Å². The zero-order chi connectivity index (χ0) is 13.7. The molecule has 100 valence electrons. The molecule has 2 rings (SSSR count). The Labute approximate surface area is 113 Å². The second kappa shape index (κ2) is 6.23. The van der Waals surface area contributed by atoms with Crippen molar-refractivity contribution < 1.29 is 9.13 Å². The monoisotopic (exact) mass is 259 g/mol. The lowest BCUT2D eigenvalue weighted by molar-refractivity contribution is 0.315. The molecule has 0 aliphatic carbocycles. The van der Waals surface area contributed by atoms with Gasteiger partial charge in [0.2, 0.25) is 0 Å². The Balaban J connectivity index is 1.84. The van der Waals surface area contributed by atoms with Crippen LogP contribution in [-0.4, -0.2) is 13.2 Å². The molecule has 0 aromatic heterocycles. The fourth-order valence-electron chi connectivity index (χ4n) is 1.85. The summed E-state index contributed by atoms with van der Waals surface area (Å²) in [5.74, 6) is -0.0282. The van der Waals surface area contributed by atoms with Crippen molar-refractivity contribution in [3.05, 3.63) is 59.4 Å². The van der Waals surface area contributed by atoms with Crippen molar-refractivity contribution in [3.63, 3.8) is 0 Å². The van der Waals surface area contributed by atoms with Crippen LogP contribution in [0.25, 0.3) is 0 Å². The third-order valence-electron chi connectivity index (χ3n) is 3.12. The average Bonchev–Trinajstić information content (AvgIpc) is 2.41. The summed E-state index contributed by atoms with van der Waals surface area (Å²) in [5.41, 5.74) is 3.57. The number of rotatable bonds is 5. The summed E-state index contributed by atoms with van der Waals surface area (Å²) in [6.45, 7) is 5.22. The standard InChI is InChI=1S/C16H18FNO/c1-12-6-5-8-15(13(12)2)18-10-11-19-16-9-4-3-7-14(16)17/h3-9,18H,10-11H2,1-2H3. The van der Waals surface area contributed by atoms with Crippen molar-refractivity contribution in [2.24, 2.45) is 0 Å². The number of anilines is 1. The van der Waals surface area contributed by atoms with Crippen LogP contribution in [0.5, 0.6) is 5.75 Å². The van der Waals surface area contributed by atoms with Crippen LogP contribution < -0.4 is 10.1 Å². The second-order valence-electron chi connectivity index (χ2n) is 4.45. The van der Waals surface area contributed by atoms with Gasteiger partial charge in [-0.3, -0.25) is 0 Å². The first-order valence-corrected chi connectivity index (χ1v) is 6.36. The molecule has 3 heteroatoms. The Kier molecular flexibility index (Phi) is 4.39. The molecule has 0 bridgehead atoms. The first-order valence-electron chi connectivity index (χ1n) is 6.36. The molecule has 2 aromatic carbocycles. The molecule has 19 heavy (non-hydrogen) atoms. The summed E-state index contributed by atoms with van der Waals surface area (Å²) < 4.78 is 18.7. The number of ether oxygens (including phenoxy) is 1. The molecule has 0 radical (unpaired) electrons. The molecule has 0 spiro atoms. The molecular formula is C16H18FNO. The Morgan fingerprint density at radius 2 is 1.84 bits per heavy atom. The van der Waals surface area contributed by atoms with Crippen LogP contribution in [-0.2, 0) is 0 Å². The molecular weight excluding hydrogens is 241 g/mol. The summed E-state index contributed by atoms with van der Waals surface area (Å²) in [6, 6.07) is 12.6. The molecule has 0 saturated heterocycles. The summed E-state index contributed by atoms with van der Waals surface area (Å²) in [6.07, 6.45) is 0. The first-order chi connectivity index (χ1) is 9.18. The molecule has 0 atom stereocenters. The van der Waals surface area contributed by atoms with Crippen LogP contribution in [0.15, 0.2) is 42.5 Å². The van der Waals surface area contributed by atoms with Gasteiger partial charge in [0, 0.05) is 12.2 Å². The zero-order valence-corrected chi connectivity index (χ0v) is 11.2. The van der Waals surface area contributed by atoms with E-state index in [1.165, 1.54) is 17.2 Å². The largest absolute Gasteiger partial charge is 0.489 e. The van der Waals surface area contributed by atoms with Crippen molar-refractivity contribution in [1.29, 1.82) is 0 Å². The lowest BCUT2D eigenvalue weighted by Crippen LogP contribution is -2.12. The van der Waals surface area contributed by atoms with Gasteiger partial charge in [-0.15, -0.1) is 0 Å². The van der Waals surface area contributed by atoms with Crippen LogP contribution in [0, 0.1) is 19.7 Å². The highest BCUT2D eigenvalue weighted by Crippen LogP contribution is 2.18. The maximum atomic E-state index is 13.3. The van der Waals surface area contributed by atoms with E-state index in [0.717, 1.165) is 5.69 Å². The molecule has 0 amide bonds. The van der Waals surface area contributed by atoms with Gasteiger partial charge in [0.1, 0.15) is 6.61 Å². The highest BCUT2D eigenvalue weighted by molar-refractivity contribution is 5.53. The second-order valence-corrected chi connectivity index (χ2v) is 4.45. The molecule has 0 aliphatic rings. The van der Waals surface area contributed by atoms with Crippen LogP contribution in [0.2, 0.25) is 0 Å². The van der Waals surface area contributed by atoms with Crippen LogP contribution >= 0.6 is 0 Å². The normalized spacial score (nSPS) is 10.3. The highest BCUT2D eigenvalue weighted by Gasteiger charge is 2.02. The van der Waals surface area contributed by atoms with Gasteiger partial charge in [-0.1, -0.05) is 24.3 Å². The molecule has 0 aliphatic heterocycles. The zero-order valence-electron chi connectivity index (χ0n) is 11.2. The van der Waals surface area contributed by atoms with E-state index in [-0.39, 0.29) is 5.82 Å². The number of hydrogen-bond donors (Lipinski definition) is 1. The Morgan fingerprint density at radius 3 is 2.63 bits per heavy atom. The number of aryl methyl sites for hydroxylation is 1. The minimum atomic E-state index is -0.325. The molecule has 2 aromatic rings. The Bertz CT molecular complexity index is 554. The summed E-state index contributed by atoms with van der Waals surface area (Å²) in [7, 11) is 0. The van der Waals surface area contributed by atoms with E-state index in [9.17, 15) is 4.39 Å². The molecule has 2 nitrogen and oxygen atoms in total. The van der Waals surface area contributed by atoms with Crippen LogP contribution in [0.3, 0.4) is 0 Å². The minimum Gasteiger partial charge on any atom is -0.489 e. The molecule has 0 saturated carbocycles. The van der Waals surface area contributed by atoms with Crippen molar-refractivity contribution in [2.75, 3.05) is 18.5 Å². The molecule has 1 N–H and O–H groups in total. The summed E-state index contributed by atoms with van der Waals surface area (Å²) in [5, 5.41) is 3.30. The predicted molar refractivity (Wildman–Crippen MR) is 76.3 cm³/mol. The van der Waals surface area contributed by atoms with E-state index in [2.05, 4.69) is 25.2 Å². The van der Waals surface area contributed by atoms with E-state index < -0.39 is 0 Å². The van der Waals surface area contributed by atoms with E-state index in [0.29, 0.717) is 18.9 Å². The van der Waals surface area contributed by atoms with Crippen molar-refractivity contribution in [3.8, 4) is 5.75 Å². The van der Waals surface area contributed by atoms with E-state index in [4.69, 9.17) is 4.74 Å². The molecule has 0 unspecified atom stereocenters. The van der Waals surface area contributed by atoms with Crippen molar-refractivity contribution in [2.45, 2.75) is 13.8 Å². The predicted octanol–water partition coefficient (Wildman–Crippen LogP) is 3.93. The fourth-order valence-corrected chi connectivity index (χ4v) is 1.85. The summed E-state index contributed by atoms with van der Waals surface area (Å²) in [4.78, 5) is 0. The number of para-hydroxylation sites is 1. The van der Waals surface area contributed by atoms with Gasteiger partial charge < -0.3 is 10.1 Å².